The number of nitrogens with zero attached hydrogens (tertiary/aromatic N) is 2. The van der Waals surface area contributed by atoms with Crippen molar-refractivity contribution < 1.29 is 9.59 Å². The van der Waals surface area contributed by atoms with Crippen molar-refractivity contribution in [2.75, 3.05) is 20.1 Å². The van der Waals surface area contributed by atoms with Crippen LogP contribution in [0.15, 0.2) is 29.3 Å². The Bertz CT molecular complexity index is 754. The fraction of sp³-hybridized carbons (Fsp3) is 0.526. The molecule has 6 nitrogen and oxygen atoms in total. The quantitative estimate of drug-likeness (QED) is 0.356. The lowest BCUT2D eigenvalue weighted by Gasteiger charge is -2.18. The van der Waals surface area contributed by atoms with E-state index in [-0.39, 0.29) is 35.5 Å². The molecule has 4 rings (SSSR count). The van der Waals surface area contributed by atoms with Crippen LogP contribution in [0.25, 0.3) is 0 Å². The number of thiophene rings is 1. The first-order chi connectivity index (χ1) is 12.6. The van der Waals surface area contributed by atoms with Gasteiger partial charge in [-0.1, -0.05) is 12.2 Å². The molecular weight excluding hydrogens is 348 g/mol. The SMILES string of the molecule is CN=C(NCCN1C(=O)C2C3C=CC(C3)C2C1=O)NCc1ccc(C)s1. The summed E-state index contributed by atoms with van der Waals surface area (Å²) in [4.78, 5) is 33.5. The molecule has 7 heteroatoms. The number of rotatable bonds is 5. The molecule has 0 radical (unpaired) electrons. The highest BCUT2D eigenvalue weighted by Gasteiger charge is 2.58. The largest absolute Gasteiger partial charge is 0.355 e. The van der Waals surface area contributed by atoms with Crippen molar-refractivity contribution in [1.29, 1.82) is 0 Å². The highest BCUT2D eigenvalue weighted by molar-refractivity contribution is 7.11. The molecule has 2 fully saturated rings. The van der Waals surface area contributed by atoms with Crippen LogP contribution in [0.5, 0.6) is 0 Å². The van der Waals surface area contributed by atoms with Gasteiger partial charge < -0.3 is 10.6 Å². The van der Waals surface area contributed by atoms with Gasteiger partial charge in [-0.25, -0.2) is 0 Å². The molecule has 2 aliphatic carbocycles. The number of nitrogens with one attached hydrogen (secondary N) is 2. The summed E-state index contributed by atoms with van der Waals surface area (Å²) in [5.74, 6) is 1.00. The van der Waals surface area contributed by atoms with Crippen molar-refractivity contribution in [3.8, 4) is 0 Å². The van der Waals surface area contributed by atoms with Crippen LogP contribution in [0.1, 0.15) is 16.2 Å². The number of imide groups is 1. The standard InChI is InChI=1S/C19H24N4O2S/c1-11-3-6-14(26-11)10-22-19(20-2)21-7-8-23-17(24)15-12-4-5-13(9-12)16(15)18(23)25/h3-6,12-13,15-16H,7-10H2,1-2H3,(H2,20,21,22). The molecule has 4 unspecified atom stereocenters. The first kappa shape index (κ1) is 17.3. The van der Waals surface area contributed by atoms with E-state index in [4.69, 9.17) is 0 Å². The van der Waals surface area contributed by atoms with Crippen LogP contribution in [0.4, 0.5) is 0 Å². The Balaban J connectivity index is 1.28. The van der Waals surface area contributed by atoms with Gasteiger partial charge in [0.2, 0.25) is 11.8 Å². The molecule has 3 aliphatic rings. The second-order valence-corrected chi connectivity index (χ2v) is 8.57. The van der Waals surface area contributed by atoms with Crippen molar-refractivity contribution in [3.05, 3.63) is 34.0 Å². The molecule has 2 heterocycles. The lowest BCUT2D eigenvalue weighted by atomic mass is 9.85. The molecule has 2 amide bonds. The number of allylic oxidation sites excluding steroid dienone is 2. The van der Waals surface area contributed by atoms with Crippen LogP contribution in [0.2, 0.25) is 0 Å². The highest BCUT2D eigenvalue weighted by Crippen LogP contribution is 2.52. The molecule has 1 saturated carbocycles. The molecule has 1 aromatic rings. The van der Waals surface area contributed by atoms with Crippen LogP contribution in [-0.4, -0.2) is 42.8 Å². The number of guanidine groups is 1. The minimum absolute atomic E-state index is 0.00987. The zero-order valence-electron chi connectivity index (χ0n) is 15.1. The van der Waals surface area contributed by atoms with Crippen LogP contribution in [-0.2, 0) is 16.1 Å². The number of amides is 2. The summed E-state index contributed by atoms with van der Waals surface area (Å²) < 4.78 is 0. The van der Waals surface area contributed by atoms with E-state index < -0.39 is 0 Å². The smallest absolute Gasteiger partial charge is 0.233 e. The Kier molecular flexibility index (Phi) is 4.56. The first-order valence-electron chi connectivity index (χ1n) is 9.12. The van der Waals surface area contributed by atoms with E-state index >= 15 is 0 Å². The number of likely N-dealkylation sites (tertiary alicyclic amines) is 1. The Hall–Kier alpha value is -2.15. The number of carbonyl (C=O) groups is 2. The van der Waals surface area contributed by atoms with Gasteiger partial charge in [-0.2, -0.15) is 0 Å². The number of hydrogen-bond donors (Lipinski definition) is 2. The van der Waals surface area contributed by atoms with E-state index in [2.05, 4.69) is 46.8 Å². The molecule has 1 aromatic heterocycles. The lowest BCUT2D eigenvalue weighted by Crippen LogP contribution is -2.43. The van der Waals surface area contributed by atoms with Crippen LogP contribution in [0.3, 0.4) is 0 Å². The third kappa shape index (κ3) is 2.94. The number of carbonyl (C=O) groups excluding carboxylic acids is 2. The summed E-state index contributed by atoms with van der Waals surface area (Å²) in [6.45, 7) is 3.69. The van der Waals surface area contributed by atoms with E-state index in [0.717, 1.165) is 6.42 Å². The van der Waals surface area contributed by atoms with Crippen LogP contribution < -0.4 is 10.6 Å². The fourth-order valence-electron chi connectivity index (χ4n) is 4.44. The van der Waals surface area contributed by atoms with Crippen LogP contribution in [0, 0.1) is 30.6 Å². The first-order valence-corrected chi connectivity index (χ1v) is 9.93. The topological polar surface area (TPSA) is 73.8 Å². The van der Waals surface area contributed by atoms with Gasteiger partial charge in [0.25, 0.3) is 0 Å². The third-order valence-electron chi connectivity index (χ3n) is 5.64. The van der Waals surface area contributed by atoms with Crippen molar-refractivity contribution in [1.82, 2.24) is 15.5 Å². The van der Waals surface area contributed by atoms with Crippen LogP contribution >= 0.6 is 11.3 Å². The molecule has 1 saturated heterocycles. The van der Waals surface area contributed by atoms with Gasteiger partial charge in [0.1, 0.15) is 0 Å². The molecule has 4 atom stereocenters. The maximum Gasteiger partial charge on any atom is 0.233 e. The van der Waals surface area contributed by atoms with Crippen molar-refractivity contribution in [2.24, 2.45) is 28.7 Å². The summed E-state index contributed by atoms with van der Waals surface area (Å²) in [6.07, 6.45) is 5.21. The predicted molar refractivity (Wildman–Crippen MR) is 102 cm³/mol. The zero-order chi connectivity index (χ0) is 18.3. The Morgan fingerprint density at radius 3 is 2.46 bits per heavy atom. The number of aryl methyl sites for hydroxylation is 1. The van der Waals surface area contributed by atoms with Gasteiger partial charge in [-0.3, -0.25) is 19.5 Å². The van der Waals surface area contributed by atoms with Gasteiger partial charge in [0, 0.05) is 29.9 Å². The highest BCUT2D eigenvalue weighted by atomic mass is 32.1. The van der Waals surface area contributed by atoms with E-state index in [9.17, 15) is 9.59 Å². The second-order valence-electron chi connectivity index (χ2n) is 7.19. The van der Waals surface area contributed by atoms with E-state index in [1.54, 1.807) is 18.4 Å². The number of hydrogen-bond acceptors (Lipinski definition) is 4. The summed E-state index contributed by atoms with van der Waals surface area (Å²) in [5, 5.41) is 6.46. The normalized spacial score (nSPS) is 29.6. The minimum Gasteiger partial charge on any atom is -0.355 e. The molecular formula is C19H24N4O2S. The zero-order valence-corrected chi connectivity index (χ0v) is 15.9. The minimum atomic E-state index is -0.114. The summed E-state index contributed by atoms with van der Waals surface area (Å²) in [6, 6.07) is 4.20. The number of aliphatic imine (C=N–C) groups is 1. The van der Waals surface area contributed by atoms with Crippen molar-refractivity contribution in [3.63, 3.8) is 0 Å². The number of fused-ring (bicyclic) bond motifs is 5. The summed E-state index contributed by atoms with van der Waals surface area (Å²) in [5.41, 5.74) is 0. The van der Waals surface area contributed by atoms with Gasteiger partial charge in [-0.05, 0) is 37.3 Å². The van der Waals surface area contributed by atoms with Gasteiger partial charge in [0.05, 0.1) is 18.4 Å². The molecule has 1 aliphatic heterocycles. The predicted octanol–water partition coefficient (Wildman–Crippen LogP) is 1.53. The van der Waals surface area contributed by atoms with E-state index in [1.807, 2.05) is 0 Å². The van der Waals surface area contributed by atoms with Gasteiger partial charge in [-0.15, -0.1) is 11.3 Å². The molecule has 0 spiro atoms. The third-order valence-corrected chi connectivity index (χ3v) is 6.64. The Morgan fingerprint density at radius 1 is 1.19 bits per heavy atom. The van der Waals surface area contributed by atoms with E-state index in [1.165, 1.54) is 14.7 Å². The maximum atomic E-state index is 12.6. The van der Waals surface area contributed by atoms with Crippen molar-refractivity contribution in [2.45, 2.75) is 19.9 Å². The molecule has 2 bridgehead atoms. The molecule has 2 N–H and O–H groups in total. The summed E-state index contributed by atoms with van der Waals surface area (Å²) in [7, 11) is 1.72. The van der Waals surface area contributed by atoms with Gasteiger partial charge in [0.15, 0.2) is 5.96 Å². The maximum absolute atomic E-state index is 12.6. The Morgan fingerprint density at radius 2 is 1.88 bits per heavy atom. The van der Waals surface area contributed by atoms with E-state index in [0.29, 0.717) is 25.6 Å². The second kappa shape index (κ2) is 6.87. The average molecular weight is 372 g/mol. The monoisotopic (exact) mass is 372 g/mol. The van der Waals surface area contributed by atoms with Gasteiger partial charge >= 0.3 is 0 Å². The fourth-order valence-corrected chi connectivity index (χ4v) is 5.27. The molecule has 0 aromatic carbocycles. The Labute approximate surface area is 157 Å². The average Bonchev–Trinajstić information content (AvgIpc) is 3.38. The molecule has 26 heavy (non-hydrogen) atoms. The molecule has 138 valence electrons. The van der Waals surface area contributed by atoms with Crippen molar-refractivity contribution >= 4 is 29.1 Å². The lowest BCUT2D eigenvalue weighted by molar-refractivity contribution is -0.140. The summed E-state index contributed by atoms with van der Waals surface area (Å²) >= 11 is 1.75.